The van der Waals surface area contributed by atoms with Gasteiger partial charge in [0.25, 0.3) is 0 Å². The Balaban J connectivity index is 2.72. The minimum Gasteiger partial charge on any atom is -0.496 e. The first-order valence-electron chi connectivity index (χ1n) is 5.42. The van der Waals surface area contributed by atoms with Crippen LogP contribution in [0.5, 0.6) is 5.75 Å². The van der Waals surface area contributed by atoms with E-state index in [9.17, 15) is 0 Å². The van der Waals surface area contributed by atoms with Crippen LogP contribution < -0.4 is 10.5 Å². The first-order valence-corrected chi connectivity index (χ1v) is 5.42. The number of methoxy groups -OCH3 is 1. The number of nitrogens with two attached hydrogens (primary N) is 1. The van der Waals surface area contributed by atoms with Crippen LogP contribution in [0, 0.1) is 20.8 Å². The number of hydrogen-bond donors (Lipinski definition) is 1. The van der Waals surface area contributed by atoms with Gasteiger partial charge >= 0.3 is 0 Å². The van der Waals surface area contributed by atoms with E-state index in [1.165, 1.54) is 5.56 Å². The predicted octanol–water partition coefficient (Wildman–Crippen LogP) is 2.86. The summed E-state index contributed by atoms with van der Waals surface area (Å²) in [6.45, 7) is 6.10. The van der Waals surface area contributed by atoms with E-state index < -0.39 is 0 Å². The summed E-state index contributed by atoms with van der Waals surface area (Å²) in [4.78, 5) is 0. The molecule has 2 aromatic rings. The Bertz CT molecular complexity index is 559. The molecule has 0 saturated heterocycles. The first-order chi connectivity index (χ1) is 8.04. The summed E-state index contributed by atoms with van der Waals surface area (Å²) in [6, 6.07) is 3.81. The standard InChI is InChI=1S/C13H16N2O2/c1-7-5-8(2)12(13(16-4)9(7)3)10-6-11(14)15-17-10/h5-6H,1-4H3,(H2,14,15). The predicted molar refractivity (Wildman–Crippen MR) is 67.1 cm³/mol. The second kappa shape index (κ2) is 4.13. The van der Waals surface area contributed by atoms with Crippen LogP contribution in [0.2, 0.25) is 0 Å². The Morgan fingerprint density at radius 2 is 1.88 bits per heavy atom. The Morgan fingerprint density at radius 1 is 1.18 bits per heavy atom. The molecule has 1 aromatic carbocycles. The molecule has 0 saturated carbocycles. The second-order valence-corrected chi connectivity index (χ2v) is 4.16. The van der Waals surface area contributed by atoms with Crippen LogP contribution in [0.4, 0.5) is 5.82 Å². The maximum absolute atomic E-state index is 5.58. The summed E-state index contributed by atoms with van der Waals surface area (Å²) in [6.07, 6.45) is 0. The average molecular weight is 232 g/mol. The van der Waals surface area contributed by atoms with Gasteiger partial charge in [0, 0.05) is 6.07 Å². The number of aryl methyl sites for hydroxylation is 2. The molecule has 0 atom stereocenters. The van der Waals surface area contributed by atoms with Crippen molar-refractivity contribution in [3.05, 3.63) is 28.8 Å². The van der Waals surface area contributed by atoms with Gasteiger partial charge in [-0.3, -0.25) is 0 Å². The largest absolute Gasteiger partial charge is 0.496 e. The number of anilines is 1. The number of nitrogen functional groups attached to an aromatic ring is 1. The monoisotopic (exact) mass is 232 g/mol. The molecule has 4 heteroatoms. The minimum atomic E-state index is 0.375. The summed E-state index contributed by atoms with van der Waals surface area (Å²) in [5.74, 6) is 1.83. The quantitative estimate of drug-likeness (QED) is 0.864. The van der Waals surface area contributed by atoms with E-state index in [1.807, 2.05) is 13.8 Å². The highest BCUT2D eigenvalue weighted by Gasteiger charge is 2.17. The zero-order chi connectivity index (χ0) is 12.6. The Kier molecular flexibility index (Phi) is 2.79. The molecule has 0 fully saturated rings. The van der Waals surface area contributed by atoms with E-state index >= 15 is 0 Å². The van der Waals surface area contributed by atoms with Crippen LogP contribution in [0.3, 0.4) is 0 Å². The van der Waals surface area contributed by atoms with Crippen molar-refractivity contribution in [2.45, 2.75) is 20.8 Å². The molecule has 0 aliphatic heterocycles. The summed E-state index contributed by atoms with van der Waals surface area (Å²) in [7, 11) is 1.66. The molecule has 90 valence electrons. The van der Waals surface area contributed by atoms with Crippen molar-refractivity contribution in [2.24, 2.45) is 0 Å². The smallest absolute Gasteiger partial charge is 0.173 e. The fourth-order valence-electron chi connectivity index (χ4n) is 2.02. The summed E-state index contributed by atoms with van der Waals surface area (Å²) in [5.41, 5.74) is 9.87. The SMILES string of the molecule is COc1c(C)c(C)cc(C)c1-c1cc(N)no1. The van der Waals surface area contributed by atoms with Crippen molar-refractivity contribution in [3.63, 3.8) is 0 Å². The van der Waals surface area contributed by atoms with E-state index in [4.69, 9.17) is 15.0 Å². The van der Waals surface area contributed by atoms with Gasteiger partial charge < -0.3 is 15.0 Å². The van der Waals surface area contributed by atoms with Crippen LogP contribution in [-0.4, -0.2) is 12.3 Å². The fraction of sp³-hybridized carbons (Fsp3) is 0.308. The van der Waals surface area contributed by atoms with Crippen molar-refractivity contribution in [3.8, 4) is 17.1 Å². The summed E-state index contributed by atoms with van der Waals surface area (Å²) < 4.78 is 10.7. The average Bonchev–Trinajstić information content (AvgIpc) is 2.69. The Hall–Kier alpha value is -1.97. The van der Waals surface area contributed by atoms with E-state index in [-0.39, 0.29) is 0 Å². The van der Waals surface area contributed by atoms with Gasteiger partial charge in [-0.2, -0.15) is 0 Å². The lowest BCUT2D eigenvalue weighted by Crippen LogP contribution is -1.96. The molecule has 17 heavy (non-hydrogen) atoms. The lowest BCUT2D eigenvalue weighted by atomic mass is 9.97. The third-order valence-electron chi connectivity index (χ3n) is 2.97. The maximum atomic E-state index is 5.58. The highest BCUT2D eigenvalue weighted by atomic mass is 16.5. The number of aromatic nitrogens is 1. The van der Waals surface area contributed by atoms with Crippen LogP contribution in [0.15, 0.2) is 16.7 Å². The van der Waals surface area contributed by atoms with Crippen molar-refractivity contribution in [1.29, 1.82) is 0 Å². The van der Waals surface area contributed by atoms with Crippen LogP contribution in [0.1, 0.15) is 16.7 Å². The van der Waals surface area contributed by atoms with Crippen LogP contribution in [-0.2, 0) is 0 Å². The fourth-order valence-corrected chi connectivity index (χ4v) is 2.02. The third kappa shape index (κ3) is 1.86. The molecule has 1 aromatic heterocycles. The second-order valence-electron chi connectivity index (χ2n) is 4.16. The van der Waals surface area contributed by atoms with Gasteiger partial charge in [-0.05, 0) is 37.5 Å². The zero-order valence-electron chi connectivity index (χ0n) is 10.5. The Labute approximate surface area is 100 Å². The molecule has 1 heterocycles. The normalized spacial score (nSPS) is 10.6. The number of rotatable bonds is 2. The number of benzene rings is 1. The van der Waals surface area contributed by atoms with E-state index in [0.29, 0.717) is 11.6 Å². The van der Waals surface area contributed by atoms with Gasteiger partial charge in [-0.25, -0.2) is 0 Å². The lowest BCUT2D eigenvalue weighted by Gasteiger charge is -2.14. The van der Waals surface area contributed by atoms with Gasteiger partial charge in [0.05, 0.1) is 12.7 Å². The molecule has 0 spiro atoms. The third-order valence-corrected chi connectivity index (χ3v) is 2.97. The molecular weight excluding hydrogens is 216 g/mol. The number of hydrogen-bond acceptors (Lipinski definition) is 4. The molecular formula is C13H16N2O2. The summed E-state index contributed by atoms with van der Waals surface area (Å²) in [5, 5.41) is 3.71. The van der Waals surface area contributed by atoms with Crippen molar-refractivity contribution in [1.82, 2.24) is 5.16 Å². The molecule has 0 aliphatic rings. The van der Waals surface area contributed by atoms with E-state index in [0.717, 1.165) is 22.4 Å². The molecule has 4 nitrogen and oxygen atoms in total. The van der Waals surface area contributed by atoms with Crippen molar-refractivity contribution < 1.29 is 9.26 Å². The highest BCUT2D eigenvalue weighted by Crippen LogP contribution is 2.38. The van der Waals surface area contributed by atoms with Crippen LogP contribution >= 0.6 is 0 Å². The molecule has 0 bridgehead atoms. The molecule has 0 radical (unpaired) electrons. The van der Waals surface area contributed by atoms with Gasteiger partial charge in [0.15, 0.2) is 11.6 Å². The van der Waals surface area contributed by atoms with Gasteiger partial charge in [0.1, 0.15) is 5.75 Å². The Morgan fingerprint density at radius 3 is 2.41 bits per heavy atom. The van der Waals surface area contributed by atoms with Gasteiger partial charge in [-0.1, -0.05) is 11.2 Å². The number of nitrogens with zero attached hydrogens (tertiary/aromatic N) is 1. The zero-order valence-corrected chi connectivity index (χ0v) is 10.5. The van der Waals surface area contributed by atoms with Gasteiger partial charge in [0.2, 0.25) is 0 Å². The molecule has 0 amide bonds. The first kappa shape index (κ1) is 11.5. The number of ether oxygens (including phenoxy) is 1. The molecule has 2 rings (SSSR count). The molecule has 2 N–H and O–H groups in total. The highest BCUT2D eigenvalue weighted by molar-refractivity contribution is 5.74. The van der Waals surface area contributed by atoms with Crippen molar-refractivity contribution in [2.75, 3.05) is 12.8 Å². The van der Waals surface area contributed by atoms with E-state index in [1.54, 1.807) is 13.2 Å². The maximum Gasteiger partial charge on any atom is 0.173 e. The minimum absolute atomic E-state index is 0.375. The summed E-state index contributed by atoms with van der Waals surface area (Å²) >= 11 is 0. The van der Waals surface area contributed by atoms with E-state index in [2.05, 4.69) is 18.1 Å². The molecule has 0 unspecified atom stereocenters. The topological polar surface area (TPSA) is 61.3 Å². The van der Waals surface area contributed by atoms with Gasteiger partial charge in [-0.15, -0.1) is 0 Å². The lowest BCUT2D eigenvalue weighted by molar-refractivity contribution is 0.403. The van der Waals surface area contributed by atoms with Crippen molar-refractivity contribution >= 4 is 5.82 Å². The van der Waals surface area contributed by atoms with Crippen LogP contribution in [0.25, 0.3) is 11.3 Å². The molecule has 0 aliphatic carbocycles.